The normalized spacial score (nSPS) is 26.3. The van der Waals surface area contributed by atoms with Gasteiger partial charge >= 0.3 is 0 Å². The fourth-order valence-electron chi connectivity index (χ4n) is 2.14. The molecule has 0 spiro atoms. The van der Waals surface area contributed by atoms with Crippen LogP contribution in [0.4, 0.5) is 0 Å². The average Bonchev–Trinajstić information content (AvgIpc) is 2.56. The Hall–Kier alpha value is -1.06. The van der Waals surface area contributed by atoms with E-state index in [9.17, 15) is 9.59 Å². The van der Waals surface area contributed by atoms with Crippen molar-refractivity contribution in [2.75, 3.05) is 6.54 Å². The Morgan fingerprint density at radius 3 is 2.86 bits per heavy atom. The third-order valence-corrected chi connectivity index (χ3v) is 2.88. The first-order valence-electron chi connectivity index (χ1n) is 5.18. The maximum atomic E-state index is 11.7. The van der Waals surface area contributed by atoms with E-state index in [0.29, 0.717) is 18.5 Å². The summed E-state index contributed by atoms with van der Waals surface area (Å²) < 4.78 is 0. The van der Waals surface area contributed by atoms with Gasteiger partial charge in [-0.15, -0.1) is 0 Å². The molecule has 1 fully saturated rings. The maximum absolute atomic E-state index is 11.7. The Morgan fingerprint density at radius 2 is 2.29 bits per heavy atom. The summed E-state index contributed by atoms with van der Waals surface area (Å²) in [6, 6.07) is 0.687. The molecule has 4 nitrogen and oxygen atoms in total. The fourth-order valence-corrected chi connectivity index (χ4v) is 2.14. The van der Waals surface area contributed by atoms with Crippen LogP contribution < -0.4 is 5.32 Å². The molecule has 0 bridgehead atoms. The first-order chi connectivity index (χ1) is 6.70. The van der Waals surface area contributed by atoms with E-state index in [0.717, 1.165) is 19.3 Å². The van der Waals surface area contributed by atoms with Crippen LogP contribution in [0.3, 0.4) is 0 Å². The minimum Gasteiger partial charge on any atom is -0.350 e. The molecule has 1 rings (SSSR count). The molecule has 0 aliphatic carbocycles. The number of rotatable bonds is 4. The molecule has 0 aromatic carbocycles. The zero-order valence-electron chi connectivity index (χ0n) is 8.82. The Bertz CT molecular complexity index is 218. The van der Waals surface area contributed by atoms with Crippen LogP contribution in [0.5, 0.6) is 0 Å². The van der Waals surface area contributed by atoms with Gasteiger partial charge in [-0.25, -0.2) is 0 Å². The van der Waals surface area contributed by atoms with Gasteiger partial charge in [-0.1, -0.05) is 6.92 Å². The molecular formula is C10H18N2O2. The molecule has 1 N–H and O–H groups in total. The van der Waals surface area contributed by atoms with Gasteiger partial charge in [0.2, 0.25) is 12.3 Å². The smallest absolute Gasteiger partial charge is 0.242 e. The fraction of sp³-hybridized carbons (Fsp3) is 0.800. The molecule has 0 radical (unpaired) electrons. The monoisotopic (exact) mass is 198 g/mol. The molecule has 1 saturated heterocycles. The molecule has 1 aliphatic heterocycles. The number of hydrogen-bond acceptors (Lipinski definition) is 2. The van der Waals surface area contributed by atoms with Crippen LogP contribution in [0.15, 0.2) is 0 Å². The zero-order valence-corrected chi connectivity index (χ0v) is 8.82. The molecule has 4 heteroatoms. The van der Waals surface area contributed by atoms with Crippen molar-refractivity contribution < 1.29 is 9.59 Å². The van der Waals surface area contributed by atoms with E-state index in [1.54, 1.807) is 0 Å². The largest absolute Gasteiger partial charge is 0.350 e. The molecule has 2 amide bonds. The quantitative estimate of drug-likeness (QED) is 0.670. The van der Waals surface area contributed by atoms with Crippen LogP contribution in [0, 0.1) is 0 Å². The van der Waals surface area contributed by atoms with Crippen LogP contribution in [0.2, 0.25) is 0 Å². The van der Waals surface area contributed by atoms with Crippen molar-refractivity contribution in [3.63, 3.8) is 0 Å². The third-order valence-electron chi connectivity index (χ3n) is 2.88. The van der Waals surface area contributed by atoms with Gasteiger partial charge in [-0.05, 0) is 26.2 Å². The van der Waals surface area contributed by atoms with Crippen molar-refractivity contribution in [3.05, 3.63) is 0 Å². The van der Waals surface area contributed by atoms with Crippen LogP contribution in [-0.2, 0) is 9.59 Å². The number of nitrogens with zero attached hydrogens (tertiary/aromatic N) is 1. The molecule has 0 aromatic heterocycles. The summed E-state index contributed by atoms with van der Waals surface area (Å²) in [6.07, 6.45) is 3.73. The number of carbonyl (C=O) groups is 2. The molecule has 1 heterocycles. The molecule has 2 atom stereocenters. The first kappa shape index (κ1) is 11.0. The van der Waals surface area contributed by atoms with Crippen molar-refractivity contribution in [1.29, 1.82) is 0 Å². The van der Waals surface area contributed by atoms with E-state index in [-0.39, 0.29) is 12.5 Å². The minimum atomic E-state index is 0.0361. The summed E-state index contributed by atoms with van der Waals surface area (Å²) in [5.74, 6) is 0.0361. The van der Waals surface area contributed by atoms with Gasteiger partial charge in [0.05, 0.1) is 6.54 Å². The highest BCUT2D eigenvalue weighted by atomic mass is 16.2. The number of likely N-dealkylation sites (tertiary alicyclic amines) is 1. The van der Waals surface area contributed by atoms with E-state index in [1.807, 2.05) is 4.90 Å². The second-order valence-corrected chi connectivity index (χ2v) is 3.79. The van der Waals surface area contributed by atoms with Crippen LogP contribution in [-0.4, -0.2) is 35.8 Å². The number of amides is 2. The Morgan fingerprint density at radius 1 is 1.57 bits per heavy atom. The van der Waals surface area contributed by atoms with E-state index >= 15 is 0 Å². The average molecular weight is 198 g/mol. The lowest BCUT2D eigenvalue weighted by Gasteiger charge is -2.27. The predicted molar refractivity (Wildman–Crippen MR) is 53.7 cm³/mol. The predicted octanol–water partition coefficient (Wildman–Crippen LogP) is 0.522. The summed E-state index contributed by atoms with van der Waals surface area (Å²) in [5.41, 5.74) is 0. The Kier molecular flexibility index (Phi) is 3.92. The van der Waals surface area contributed by atoms with Gasteiger partial charge in [0.25, 0.3) is 0 Å². The highest BCUT2D eigenvalue weighted by Crippen LogP contribution is 2.25. The lowest BCUT2D eigenvalue weighted by Crippen LogP contribution is -2.44. The van der Waals surface area contributed by atoms with Gasteiger partial charge < -0.3 is 10.2 Å². The number of hydrogen-bond donors (Lipinski definition) is 1. The number of nitrogens with one attached hydrogen (secondary N) is 1. The highest BCUT2D eigenvalue weighted by molar-refractivity contribution is 5.80. The standard InChI is InChI=1S/C10H18N2O2/c1-3-9-5-4-8(2)12(9)10(14)6-11-7-13/h7-9H,3-6H2,1-2H3,(H,11,13). The molecular weight excluding hydrogens is 180 g/mol. The summed E-state index contributed by atoms with van der Waals surface area (Å²) in [7, 11) is 0. The lowest BCUT2D eigenvalue weighted by molar-refractivity contribution is -0.133. The summed E-state index contributed by atoms with van der Waals surface area (Å²) in [6.45, 7) is 4.29. The SMILES string of the molecule is CCC1CCC(C)N1C(=O)CNC=O. The minimum absolute atomic E-state index is 0.0361. The van der Waals surface area contributed by atoms with Crippen molar-refractivity contribution >= 4 is 12.3 Å². The summed E-state index contributed by atoms with van der Waals surface area (Å²) in [4.78, 5) is 23.7. The maximum Gasteiger partial charge on any atom is 0.242 e. The molecule has 80 valence electrons. The third kappa shape index (κ3) is 2.25. The lowest BCUT2D eigenvalue weighted by atomic mass is 10.1. The van der Waals surface area contributed by atoms with E-state index in [1.165, 1.54) is 0 Å². The molecule has 14 heavy (non-hydrogen) atoms. The Balaban J connectivity index is 2.54. The van der Waals surface area contributed by atoms with Crippen molar-refractivity contribution in [3.8, 4) is 0 Å². The Labute approximate surface area is 84.7 Å². The second kappa shape index (κ2) is 4.98. The number of carbonyl (C=O) groups excluding carboxylic acids is 2. The topological polar surface area (TPSA) is 49.4 Å². The van der Waals surface area contributed by atoms with E-state index in [4.69, 9.17) is 0 Å². The van der Waals surface area contributed by atoms with Crippen LogP contribution >= 0.6 is 0 Å². The van der Waals surface area contributed by atoms with Gasteiger partial charge in [-0.3, -0.25) is 9.59 Å². The van der Waals surface area contributed by atoms with Gasteiger partial charge in [0, 0.05) is 12.1 Å². The molecule has 2 unspecified atom stereocenters. The van der Waals surface area contributed by atoms with Gasteiger partial charge in [0.15, 0.2) is 0 Å². The summed E-state index contributed by atoms with van der Waals surface area (Å²) in [5, 5.41) is 2.42. The van der Waals surface area contributed by atoms with Crippen molar-refractivity contribution in [1.82, 2.24) is 10.2 Å². The van der Waals surface area contributed by atoms with Gasteiger partial charge in [0.1, 0.15) is 0 Å². The highest BCUT2D eigenvalue weighted by Gasteiger charge is 2.32. The van der Waals surface area contributed by atoms with E-state index in [2.05, 4.69) is 19.2 Å². The van der Waals surface area contributed by atoms with Crippen molar-refractivity contribution in [2.45, 2.75) is 45.2 Å². The van der Waals surface area contributed by atoms with E-state index < -0.39 is 0 Å². The molecule has 0 aromatic rings. The van der Waals surface area contributed by atoms with Crippen LogP contribution in [0.1, 0.15) is 33.1 Å². The van der Waals surface area contributed by atoms with Crippen LogP contribution in [0.25, 0.3) is 0 Å². The zero-order chi connectivity index (χ0) is 10.6. The van der Waals surface area contributed by atoms with Gasteiger partial charge in [-0.2, -0.15) is 0 Å². The molecule has 1 aliphatic rings. The second-order valence-electron chi connectivity index (χ2n) is 3.79. The van der Waals surface area contributed by atoms with Crippen molar-refractivity contribution in [2.24, 2.45) is 0 Å². The molecule has 0 saturated carbocycles. The first-order valence-corrected chi connectivity index (χ1v) is 5.18. The summed E-state index contributed by atoms with van der Waals surface area (Å²) >= 11 is 0.